The van der Waals surface area contributed by atoms with Gasteiger partial charge in [-0.25, -0.2) is 9.13 Å². The number of unbranched alkanes of at least 4 members (excludes halogenated alkanes) is 17. The number of pyridine rings is 2. The molecule has 2 aromatic heterocycles. The Kier molecular flexibility index (Phi) is 29.1. The molecular weight excluding hydrogens is 648 g/mol. The van der Waals surface area contributed by atoms with Crippen molar-refractivity contribution >= 4 is 11.4 Å². The van der Waals surface area contributed by atoms with Crippen LogP contribution in [-0.4, -0.2) is 13.1 Å². The van der Waals surface area contributed by atoms with E-state index in [1.807, 2.05) is 0 Å². The molecule has 2 rings (SSSR count). The zero-order chi connectivity index (χ0) is 28.4. The number of rotatable bonds is 27. The molecule has 2 N–H and O–H groups in total. The normalized spacial score (nSPS) is 10.6. The first-order chi connectivity index (χ1) is 19.8. The largest absolute Gasteiger partial charge is 1.00 e. The van der Waals surface area contributed by atoms with Gasteiger partial charge in [-0.15, -0.1) is 0 Å². The van der Waals surface area contributed by atoms with Crippen LogP contribution in [0.3, 0.4) is 0 Å². The van der Waals surface area contributed by atoms with Crippen LogP contribution in [0.4, 0.5) is 11.4 Å². The molecule has 0 aliphatic heterocycles. The van der Waals surface area contributed by atoms with Crippen molar-refractivity contribution < 1.29 is 43.1 Å². The summed E-state index contributed by atoms with van der Waals surface area (Å²) < 4.78 is 4.68. The van der Waals surface area contributed by atoms with Gasteiger partial charge in [0.1, 0.15) is 13.1 Å². The first-order valence-electron chi connectivity index (χ1n) is 17.3. The van der Waals surface area contributed by atoms with Crippen LogP contribution in [0.15, 0.2) is 49.1 Å². The molecule has 0 amide bonds. The van der Waals surface area contributed by atoms with E-state index < -0.39 is 0 Å². The first kappa shape index (κ1) is 40.9. The fourth-order valence-electron chi connectivity index (χ4n) is 5.37. The zero-order valence-electron chi connectivity index (χ0n) is 27.2. The summed E-state index contributed by atoms with van der Waals surface area (Å²) in [6, 6.07) is 8.93. The maximum atomic E-state index is 3.56. The SMILES string of the molecule is CCCCCCCNc1cc[n+](CCCCCCCCCCCC[n+]2ccc(NCCCCCCC)cc2)cc1.[Br-].[Br-]. The molecule has 0 saturated carbocycles. The molecule has 242 valence electrons. The summed E-state index contributed by atoms with van der Waals surface area (Å²) in [5.41, 5.74) is 2.52. The van der Waals surface area contributed by atoms with Crippen LogP contribution in [0.1, 0.15) is 142 Å². The number of halogens is 2. The lowest BCUT2D eigenvalue weighted by atomic mass is 10.1. The van der Waals surface area contributed by atoms with Crippen LogP contribution in [0.5, 0.6) is 0 Å². The Morgan fingerprint density at radius 1 is 0.405 bits per heavy atom. The van der Waals surface area contributed by atoms with E-state index in [0.717, 1.165) is 26.2 Å². The molecule has 6 heteroatoms. The van der Waals surface area contributed by atoms with Crippen molar-refractivity contribution in [1.82, 2.24) is 0 Å². The molecule has 0 spiro atoms. The van der Waals surface area contributed by atoms with Crippen LogP contribution < -0.4 is 53.7 Å². The van der Waals surface area contributed by atoms with Crippen molar-refractivity contribution in [2.45, 2.75) is 155 Å². The molecule has 2 aromatic rings. The second-order valence-electron chi connectivity index (χ2n) is 11.9. The summed E-state index contributed by atoms with van der Waals surface area (Å²) in [6.07, 6.45) is 36.0. The topological polar surface area (TPSA) is 31.8 Å². The Hall–Kier alpha value is -1.14. The van der Waals surface area contributed by atoms with Crippen LogP contribution in [0.2, 0.25) is 0 Å². The molecule has 0 aliphatic carbocycles. The van der Waals surface area contributed by atoms with Gasteiger partial charge in [-0.1, -0.05) is 104 Å². The van der Waals surface area contributed by atoms with E-state index in [1.54, 1.807) is 0 Å². The maximum Gasteiger partial charge on any atom is 0.170 e. The summed E-state index contributed by atoms with van der Waals surface area (Å²) in [6.45, 7) is 9.03. The molecule has 42 heavy (non-hydrogen) atoms. The Balaban J connectivity index is 0.00000840. The maximum absolute atomic E-state index is 3.56. The number of hydrogen-bond acceptors (Lipinski definition) is 2. The number of aryl methyl sites for hydroxylation is 2. The summed E-state index contributed by atoms with van der Waals surface area (Å²) in [7, 11) is 0. The van der Waals surface area contributed by atoms with Crippen molar-refractivity contribution in [1.29, 1.82) is 0 Å². The zero-order valence-corrected chi connectivity index (χ0v) is 30.4. The molecule has 0 bridgehead atoms. The minimum absolute atomic E-state index is 0. The van der Waals surface area contributed by atoms with Gasteiger partial charge in [-0.2, -0.15) is 0 Å². The minimum atomic E-state index is 0. The lowest BCUT2D eigenvalue weighted by Crippen LogP contribution is -3.00. The van der Waals surface area contributed by atoms with E-state index in [9.17, 15) is 0 Å². The summed E-state index contributed by atoms with van der Waals surface area (Å²) in [4.78, 5) is 0. The average molecular weight is 713 g/mol. The standard InChI is InChI=1S/C36H62N4.2BrH/c1-3-5-7-15-19-27-37-35-23-31-39(32-24-35)29-21-17-13-11-9-10-12-14-18-22-30-40-33-25-36(26-34-40)38-28-20-16-8-6-4-2;;/h23-26,31-34H,3-22,27-30H2,1-2H3;2*1H. The van der Waals surface area contributed by atoms with Gasteiger partial charge >= 0.3 is 0 Å². The number of hydrogen-bond donors (Lipinski definition) is 2. The fourth-order valence-corrected chi connectivity index (χ4v) is 5.37. The highest BCUT2D eigenvalue weighted by atomic mass is 79.9. The lowest BCUT2D eigenvalue weighted by molar-refractivity contribution is -0.697. The minimum Gasteiger partial charge on any atom is -1.00 e. The van der Waals surface area contributed by atoms with Gasteiger partial charge in [0.2, 0.25) is 0 Å². The van der Waals surface area contributed by atoms with Crippen molar-refractivity contribution in [2.75, 3.05) is 23.7 Å². The first-order valence-corrected chi connectivity index (χ1v) is 17.3. The molecule has 0 aliphatic rings. The Labute approximate surface area is 281 Å². The number of nitrogens with one attached hydrogen (secondary N) is 2. The van der Waals surface area contributed by atoms with Crippen LogP contribution >= 0.6 is 0 Å². The molecule has 0 unspecified atom stereocenters. The second kappa shape index (κ2) is 29.9. The predicted octanol–water partition coefficient (Wildman–Crippen LogP) is 3.64. The van der Waals surface area contributed by atoms with Gasteiger partial charge in [-0.3, -0.25) is 0 Å². The monoisotopic (exact) mass is 710 g/mol. The van der Waals surface area contributed by atoms with E-state index in [2.05, 4.69) is 82.7 Å². The van der Waals surface area contributed by atoms with Crippen LogP contribution in [0, 0.1) is 0 Å². The summed E-state index contributed by atoms with van der Waals surface area (Å²) in [5.74, 6) is 0. The summed E-state index contributed by atoms with van der Waals surface area (Å²) >= 11 is 0. The van der Waals surface area contributed by atoms with Crippen molar-refractivity contribution in [3.8, 4) is 0 Å². The number of aromatic nitrogens is 2. The molecule has 0 fully saturated rings. The van der Waals surface area contributed by atoms with Gasteiger partial charge in [0.05, 0.1) is 0 Å². The molecule has 0 aromatic carbocycles. The highest BCUT2D eigenvalue weighted by Gasteiger charge is 2.03. The molecule has 0 atom stereocenters. The molecule has 0 radical (unpaired) electrons. The van der Waals surface area contributed by atoms with Crippen molar-refractivity contribution in [3.05, 3.63) is 49.1 Å². The number of nitrogens with zero attached hydrogens (tertiary/aromatic N) is 2. The van der Waals surface area contributed by atoms with Crippen molar-refractivity contribution in [3.63, 3.8) is 0 Å². The Morgan fingerprint density at radius 2 is 0.690 bits per heavy atom. The second-order valence-corrected chi connectivity index (χ2v) is 11.9. The van der Waals surface area contributed by atoms with Crippen LogP contribution in [0.25, 0.3) is 0 Å². The van der Waals surface area contributed by atoms with E-state index >= 15 is 0 Å². The quantitative estimate of drug-likeness (QED) is 0.110. The van der Waals surface area contributed by atoms with E-state index in [4.69, 9.17) is 0 Å². The Bertz CT molecular complexity index is 745. The van der Waals surface area contributed by atoms with Gasteiger partial charge in [0, 0.05) is 61.6 Å². The lowest BCUT2D eigenvalue weighted by Gasteiger charge is -2.06. The summed E-state index contributed by atoms with van der Waals surface area (Å²) in [5, 5.41) is 7.13. The highest BCUT2D eigenvalue weighted by Crippen LogP contribution is 2.12. The van der Waals surface area contributed by atoms with Gasteiger partial charge in [0.15, 0.2) is 24.8 Å². The van der Waals surface area contributed by atoms with Gasteiger partial charge in [0.25, 0.3) is 0 Å². The average Bonchev–Trinajstić information content (AvgIpc) is 2.98. The third kappa shape index (κ3) is 22.4. The molecular formula is C36H64Br2N4. The van der Waals surface area contributed by atoms with E-state index in [0.29, 0.717) is 0 Å². The number of anilines is 2. The van der Waals surface area contributed by atoms with Crippen LogP contribution in [-0.2, 0) is 13.1 Å². The Morgan fingerprint density at radius 3 is 1.02 bits per heavy atom. The fraction of sp³-hybridized carbons (Fsp3) is 0.722. The third-order valence-corrected chi connectivity index (χ3v) is 8.08. The predicted molar refractivity (Wildman–Crippen MR) is 174 cm³/mol. The molecule has 2 heterocycles. The smallest absolute Gasteiger partial charge is 0.170 e. The van der Waals surface area contributed by atoms with E-state index in [1.165, 1.54) is 140 Å². The van der Waals surface area contributed by atoms with Gasteiger partial charge in [-0.05, 0) is 25.7 Å². The van der Waals surface area contributed by atoms with Gasteiger partial charge < -0.3 is 44.6 Å². The van der Waals surface area contributed by atoms with Crippen molar-refractivity contribution in [2.24, 2.45) is 0 Å². The van der Waals surface area contributed by atoms with E-state index in [-0.39, 0.29) is 34.0 Å². The molecule has 0 saturated heterocycles. The third-order valence-electron chi connectivity index (χ3n) is 8.08. The molecule has 4 nitrogen and oxygen atoms in total. The highest BCUT2D eigenvalue weighted by molar-refractivity contribution is 5.40.